The fourth-order valence-electron chi connectivity index (χ4n) is 9.20. The molecule has 2 aliphatic heterocycles. The van der Waals surface area contributed by atoms with Crippen molar-refractivity contribution in [1.82, 2.24) is 0 Å². The van der Waals surface area contributed by atoms with Crippen LogP contribution in [0.2, 0.25) is 0 Å². The van der Waals surface area contributed by atoms with Gasteiger partial charge in [-0.05, 0) is 95.4 Å². The third-order valence-electron chi connectivity index (χ3n) is 12.3. The molecule has 4 heteroatoms. The van der Waals surface area contributed by atoms with Gasteiger partial charge in [0.2, 0.25) is 5.69 Å². The molecule has 0 spiro atoms. The predicted octanol–water partition coefficient (Wildman–Crippen LogP) is 12.1. The first kappa shape index (κ1) is 39.3. The fourth-order valence-corrected chi connectivity index (χ4v) is 9.20. The summed E-state index contributed by atoms with van der Waals surface area (Å²) in [5.74, 6) is 1.03. The summed E-state index contributed by atoms with van der Waals surface area (Å²) in [4.78, 5) is 2.50. The van der Waals surface area contributed by atoms with Gasteiger partial charge in [0.05, 0.1) is 5.41 Å². The lowest BCUT2D eigenvalue weighted by atomic mass is 9.80. The minimum atomic E-state index is -0.147. The Morgan fingerprint density at radius 2 is 1.46 bits per heavy atom. The Morgan fingerprint density at radius 3 is 2.12 bits per heavy atom. The molecular formula is C52H63N3O+2. The Kier molecular flexibility index (Phi) is 10.6. The number of aromatic nitrogens is 1. The zero-order chi connectivity index (χ0) is 40.0. The number of anilines is 1. The van der Waals surface area contributed by atoms with Gasteiger partial charge in [-0.1, -0.05) is 100 Å². The number of fused-ring (bicyclic) bond motifs is 2. The van der Waals surface area contributed by atoms with E-state index in [0.29, 0.717) is 0 Å². The average Bonchev–Trinajstić information content (AvgIpc) is 3.72. The van der Waals surface area contributed by atoms with Crippen LogP contribution in [0.15, 0.2) is 138 Å². The van der Waals surface area contributed by atoms with Crippen molar-refractivity contribution < 1.29 is 13.9 Å². The molecule has 1 aromatic heterocycles. The van der Waals surface area contributed by atoms with Crippen molar-refractivity contribution in [2.24, 2.45) is 5.41 Å². The third-order valence-corrected chi connectivity index (χ3v) is 12.3. The summed E-state index contributed by atoms with van der Waals surface area (Å²) in [5, 5.41) is 0. The van der Waals surface area contributed by atoms with Gasteiger partial charge < -0.3 is 9.64 Å². The van der Waals surface area contributed by atoms with Crippen LogP contribution in [0, 0.1) is 19.3 Å². The third kappa shape index (κ3) is 7.36. The standard InChI is InChI=1S/C52H63N3O/c1-12-54-44-25-19-36(3)33-42(44)51(8,9)46(54)27-23-39-21-22-40(24-28-47-52(10,11)43-34-37(4)20-26-45(43)55(47)13-2)48(39)56-49(50(5,6)7)41-29-31-53(32-30-41)35-38-17-15-14-16-18-38/h14-20,23-34,49H,12-13,21-22,35H2,1-11H3/q+2. The van der Waals surface area contributed by atoms with Crippen molar-refractivity contribution in [1.29, 1.82) is 0 Å². The van der Waals surface area contributed by atoms with Gasteiger partial charge in [-0.25, -0.2) is 4.57 Å². The Hall–Kier alpha value is -4.96. The van der Waals surface area contributed by atoms with Gasteiger partial charge in [0, 0.05) is 69.7 Å². The maximum atomic E-state index is 7.43. The van der Waals surface area contributed by atoms with Crippen molar-refractivity contribution in [3.05, 3.63) is 172 Å². The van der Waals surface area contributed by atoms with E-state index in [1.165, 1.54) is 67.3 Å². The van der Waals surface area contributed by atoms with Crippen molar-refractivity contribution in [3.8, 4) is 0 Å². The molecule has 0 radical (unpaired) electrons. The van der Waals surface area contributed by atoms with E-state index >= 15 is 0 Å². The quantitative estimate of drug-likeness (QED) is 0.151. The SMILES string of the molecule is CCN1/C(=C/C=C2\CCC(/C=C/C3=[N+](CC)c4ccc(C)cc4C3(C)C)=C2OC(c2cc[n+](Cc3ccccc3)cc2)C(C)(C)C)C(C)(C)c2cc(C)ccc21. The lowest BCUT2D eigenvalue weighted by Gasteiger charge is -2.32. The Morgan fingerprint density at radius 1 is 0.786 bits per heavy atom. The molecule has 290 valence electrons. The Labute approximate surface area is 337 Å². The minimum absolute atomic E-state index is 0.102. The molecule has 0 N–H and O–H groups in total. The highest BCUT2D eigenvalue weighted by Crippen LogP contribution is 2.49. The summed E-state index contributed by atoms with van der Waals surface area (Å²) in [5.41, 5.74) is 15.4. The number of allylic oxidation sites excluding steroid dienone is 7. The maximum absolute atomic E-state index is 7.43. The van der Waals surface area contributed by atoms with Crippen LogP contribution in [0.1, 0.15) is 115 Å². The van der Waals surface area contributed by atoms with Crippen LogP contribution in [0.5, 0.6) is 0 Å². The molecular weight excluding hydrogens is 683 g/mol. The number of hydrogen-bond donors (Lipinski definition) is 0. The van der Waals surface area contributed by atoms with Crippen LogP contribution in [0.25, 0.3) is 0 Å². The molecule has 1 aliphatic carbocycles. The Bertz CT molecular complexity index is 2270. The summed E-state index contributed by atoms with van der Waals surface area (Å²) >= 11 is 0. The highest BCUT2D eigenvalue weighted by molar-refractivity contribution is 6.03. The van der Waals surface area contributed by atoms with Gasteiger partial charge in [0.1, 0.15) is 18.4 Å². The normalized spacial score (nSPS) is 19.4. The number of benzene rings is 3. The predicted molar refractivity (Wildman–Crippen MR) is 234 cm³/mol. The summed E-state index contributed by atoms with van der Waals surface area (Å²) < 4.78 is 12.2. The van der Waals surface area contributed by atoms with E-state index in [2.05, 4.69) is 206 Å². The van der Waals surface area contributed by atoms with Crippen molar-refractivity contribution >= 4 is 17.1 Å². The number of rotatable bonds is 10. The first-order chi connectivity index (χ1) is 26.6. The molecule has 3 aromatic carbocycles. The van der Waals surface area contributed by atoms with Crippen molar-refractivity contribution in [3.63, 3.8) is 0 Å². The number of nitrogens with zero attached hydrogens (tertiary/aromatic N) is 3. The average molecular weight is 746 g/mol. The van der Waals surface area contributed by atoms with Crippen LogP contribution in [-0.2, 0) is 22.1 Å². The van der Waals surface area contributed by atoms with Gasteiger partial charge in [-0.3, -0.25) is 0 Å². The zero-order valence-corrected chi connectivity index (χ0v) is 35.8. The minimum Gasteiger partial charge on any atom is -0.485 e. The molecule has 0 saturated heterocycles. The molecule has 7 rings (SSSR count). The zero-order valence-electron chi connectivity index (χ0n) is 35.8. The lowest BCUT2D eigenvalue weighted by Crippen LogP contribution is -2.34. The first-order valence-electron chi connectivity index (χ1n) is 20.8. The summed E-state index contributed by atoms with van der Waals surface area (Å²) in [6, 6.07) is 29.0. The summed E-state index contributed by atoms with van der Waals surface area (Å²) in [6.07, 6.45) is 15.7. The topological polar surface area (TPSA) is 19.4 Å². The van der Waals surface area contributed by atoms with Gasteiger partial charge in [-0.15, -0.1) is 0 Å². The van der Waals surface area contributed by atoms with E-state index < -0.39 is 0 Å². The molecule has 4 aromatic rings. The smallest absolute Gasteiger partial charge is 0.209 e. The van der Waals surface area contributed by atoms with E-state index in [4.69, 9.17) is 4.74 Å². The number of hydrogen-bond acceptors (Lipinski definition) is 2. The fraction of sp³-hybridized carbons (Fsp3) is 0.385. The monoisotopic (exact) mass is 745 g/mol. The largest absolute Gasteiger partial charge is 0.485 e. The number of pyridine rings is 1. The summed E-state index contributed by atoms with van der Waals surface area (Å²) in [7, 11) is 0. The van der Waals surface area contributed by atoms with E-state index in [1.807, 2.05) is 0 Å². The molecule has 1 atom stereocenters. The molecule has 0 saturated carbocycles. The van der Waals surface area contributed by atoms with Crippen molar-refractivity contribution in [2.75, 3.05) is 18.0 Å². The molecule has 1 unspecified atom stereocenters. The van der Waals surface area contributed by atoms with E-state index in [9.17, 15) is 0 Å². The van der Waals surface area contributed by atoms with Crippen LogP contribution in [0.3, 0.4) is 0 Å². The molecule has 0 bridgehead atoms. The second-order valence-electron chi connectivity index (χ2n) is 18.2. The van der Waals surface area contributed by atoms with Gasteiger partial charge in [0.15, 0.2) is 24.7 Å². The number of likely N-dealkylation sites (N-methyl/N-ethyl adjacent to an activating group) is 1. The molecule has 3 heterocycles. The van der Waals surface area contributed by atoms with Crippen molar-refractivity contribution in [2.45, 2.75) is 112 Å². The van der Waals surface area contributed by atoms with E-state index in [1.54, 1.807) is 0 Å². The van der Waals surface area contributed by atoms with Crippen LogP contribution >= 0.6 is 0 Å². The van der Waals surface area contributed by atoms with Crippen LogP contribution in [-0.4, -0.2) is 23.4 Å². The molecule has 0 fully saturated rings. The highest BCUT2D eigenvalue weighted by Gasteiger charge is 2.44. The Balaban J connectivity index is 1.30. The number of ether oxygens (including phenoxy) is 1. The van der Waals surface area contributed by atoms with Crippen LogP contribution in [0.4, 0.5) is 11.4 Å². The lowest BCUT2D eigenvalue weighted by molar-refractivity contribution is -0.688. The van der Waals surface area contributed by atoms with Crippen LogP contribution < -0.4 is 9.47 Å². The van der Waals surface area contributed by atoms with Gasteiger partial charge in [-0.2, -0.15) is 4.58 Å². The molecule has 4 nitrogen and oxygen atoms in total. The molecule has 3 aliphatic rings. The van der Waals surface area contributed by atoms with E-state index in [0.717, 1.165) is 38.2 Å². The van der Waals surface area contributed by atoms with Gasteiger partial charge in [0.25, 0.3) is 0 Å². The first-order valence-corrected chi connectivity index (χ1v) is 20.8. The number of aryl methyl sites for hydroxylation is 2. The summed E-state index contributed by atoms with van der Waals surface area (Å²) in [6.45, 7) is 28.0. The maximum Gasteiger partial charge on any atom is 0.209 e. The molecule has 0 amide bonds. The van der Waals surface area contributed by atoms with E-state index in [-0.39, 0.29) is 22.3 Å². The van der Waals surface area contributed by atoms with Gasteiger partial charge >= 0.3 is 0 Å². The second kappa shape index (κ2) is 15.2. The highest BCUT2D eigenvalue weighted by atomic mass is 16.5. The second-order valence-corrected chi connectivity index (χ2v) is 18.2. The molecule has 56 heavy (non-hydrogen) atoms.